The fraction of sp³-hybridized carbons (Fsp3) is 0.417. The third-order valence-corrected chi connectivity index (χ3v) is 7.41. The molecule has 32 heavy (non-hydrogen) atoms. The number of aryl methyl sites for hydroxylation is 1. The third-order valence-electron chi connectivity index (χ3n) is 7.04. The minimum atomic E-state index is -0.432. The molecule has 3 fully saturated rings. The standard InChI is InChI=1S/C24H28ClN5O2/c1-15-8-6-11-19(16(15)2)28-12-7-13-29-20-21(26-23(28)29)27(3)24(32)30(22(20)31)14-17-9-4-5-10-18(17)25/h4-6,8-11,20-21,23,26H,7,12-14H2,1-3H3. The molecule has 3 unspecified atom stereocenters. The van der Waals surface area contributed by atoms with Crippen LogP contribution in [0.4, 0.5) is 10.5 Å². The lowest BCUT2D eigenvalue weighted by Crippen LogP contribution is -2.66. The number of fused-ring (bicyclic) bond motifs is 3. The fourth-order valence-corrected chi connectivity index (χ4v) is 5.35. The molecule has 8 heteroatoms. The maximum Gasteiger partial charge on any atom is 0.328 e. The molecule has 0 bridgehead atoms. The van der Waals surface area contributed by atoms with Gasteiger partial charge in [-0.25, -0.2) is 4.79 Å². The molecule has 0 saturated carbocycles. The number of benzene rings is 2. The number of carbonyl (C=O) groups is 2. The number of rotatable bonds is 3. The quantitative estimate of drug-likeness (QED) is 0.773. The van der Waals surface area contributed by atoms with E-state index in [0.717, 1.165) is 25.1 Å². The highest BCUT2D eigenvalue weighted by Crippen LogP contribution is 2.35. The van der Waals surface area contributed by atoms with Crippen molar-refractivity contribution >= 4 is 29.2 Å². The van der Waals surface area contributed by atoms with Crippen molar-refractivity contribution in [3.63, 3.8) is 0 Å². The summed E-state index contributed by atoms with van der Waals surface area (Å²) in [5.41, 5.74) is 4.41. The Morgan fingerprint density at radius 3 is 2.62 bits per heavy atom. The summed E-state index contributed by atoms with van der Waals surface area (Å²) in [6.07, 6.45) is 0.441. The van der Waals surface area contributed by atoms with E-state index in [1.54, 1.807) is 18.0 Å². The first kappa shape index (κ1) is 21.2. The van der Waals surface area contributed by atoms with Gasteiger partial charge in [-0.05, 0) is 49.1 Å². The highest BCUT2D eigenvalue weighted by atomic mass is 35.5. The van der Waals surface area contributed by atoms with Gasteiger partial charge in [0, 0.05) is 30.8 Å². The Morgan fingerprint density at radius 1 is 1.06 bits per heavy atom. The van der Waals surface area contributed by atoms with Crippen LogP contribution in [-0.4, -0.2) is 65.3 Å². The smallest absolute Gasteiger partial charge is 0.328 e. The molecule has 0 radical (unpaired) electrons. The van der Waals surface area contributed by atoms with Gasteiger partial charge in [0.15, 0.2) is 0 Å². The van der Waals surface area contributed by atoms with Gasteiger partial charge in [-0.15, -0.1) is 0 Å². The van der Waals surface area contributed by atoms with Crippen LogP contribution in [0.3, 0.4) is 0 Å². The molecule has 3 heterocycles. The zero-order valence-electron chi connectivity index (χ0n) is 18.6. The Bertz CT molecular complexity index is 1080. The first-order valence-corrected chi connectivity index (χ1v) is 11.4. The monoisotopic (exact) mass is 453 g/mol. The molecule has 0 spiro atoms. The molecule has 3 saturated heterocycles. The number of hydrogen-bond acceptors (Lipinski definition) is 5. The summed E-state index contributed by atoms with van der Waals surface area (Å²) in [4.78, 5) is 34.3. The summed E-state index contributed by atoms with van der Waals surface area (Å²) < 4.78 is 0. The largest absolute Gasteiger partial charge is 0.343 e. The van der Waals surface area contributed by atoms with Gasteiger partial charge < -0.3 is 9.80 Å². The highest BCUT2D eigenvalue weighted by molar-refractivity contribution is 6.31. The van der Waals surface area contributed by atoms with Crippen molar-refractivity contribution in [2.75, 3.05) is 25.0 Å². The highest BCUT2D eigenvalue weighted by Gasteiger charge is 2.56. The number of imide groups is 1. The number of carbonyl (C=O) groups excluding carboxylic acids is 2. The van der Waals surface area contributed by atoms with Crippen LogP contribution in [0.15, 0.2) is 42.5 Å². The summed E-state index contributed by atoms with van der Waals surface area (Å²) in [6.45, 7) is 6.12. The van der Waals surface area contributed by atoms with E-state index >= 15 is 0 Å². The Kier molecular flexibility index (Phi) is 5.35. The first-order chi connectivity index (χ1) is 15.4. The zero-order valence-corrected chi connectivity index (χ0v) is 19.3. The van der Waals surface area contributed by atoms with Crippen LogP contribution in [0.25, 0.3) is 0 Å². The zero-order chi connectivity index (χ0) is 22.6. The van der Waals surface area contributed by atoms with Crippen molar-refractivity contribution in [2.45, 2.75) is 45.3 Å². The number of halogens is 1. The molecular formula is C24H28ClN5O2. The second kappa shape index (κ2) is 8.06. The molecule has 0 aromatic heterocycles. The number of amides is 3. The van der Waals surface area contributed by atoms with Crippen molar-refractivity contribution in [3.05, 3.63) is 64.2 Å². The molecule has 2 aromatic carbocycles. The number of anilines is 1. The molecule has 3 aliphatic rings. The molecule has 3 atom stereocenters. The Hall–Kier alpha value is -2.61. The topological polar surface area (TPSA) is 59.1 Å². The van der Waals surface area contributed by atoms with Gasteiger partial charge >= 0.3 is 6.03 Å². The number of likely N-dealkylation sites (N-methyl/N-ethyl adjacent to an activating group) is 1. The SMILES string of the molecule is Cc1cccc(N2CCCN3C4C(=O)N(Cc5ccccc5Cl)C(=O)N(C)C4NC23)c1C. The maximum atomic E-state index is 13.6. The van der Waals surface area contributed by atoms with E-state index in [2.05, 4.69) is 47.2 Å². The van der Waals surface area contributed by atoms with Crippen LogP contribution in [0, 0.1) is 13.8 Å². The Labute approximate surface area is 193 Å². The second-order valence-corrected chi connectivity index (χ2v) is 9.25. The molecule has 3 aliphatic heterocycles. The van der Waals surface area contributed by atoms with Crippen LogP contribution in [0.1, 0.15) is 23.1 Å². The third kappa shape index (κ3) is 3.27. The lowest BCUT2D eigenvalue weighted by molar-refractivity contribution is -0.139. The number of urea groups is 1. The molecule has 0 aliphatic carbocycles. The predicted octanol–water partition coefficient (Wildman–Crippen LogP) is 3.14. The number of nitrogens with zero attached hydrogens (tertiary/aromatic N) is 4. The number of hydrogen-bond donors (Lipinski definition) is 1. The predicted molar refractivity (Wildman–Crippen MR) is 124 cm³/mol. The summed E-state index contributed by atoms with van der Waals surface area (Å²) in [7, 11) is 1.76. The Balaban J connectivity index is 1.46. The maximum absolute atomic E-state index is 13.6. The summed E-state index contributed by atoms with van der Waals surface area (Å²) in [6, 6.07) is 12.9. The minimum Gasteiger partial charge on any atom is -0.343 e. The van der Waals surface area contributed by atoms with Gasteiger partial charge in [0.25, 0.3) is 5.91 Å². The van der Waals surface area contributed by atoms with Gasteiger partial charge in [0.1, 0.15) is 18.5 Å². The van der Waals surface area contributed by atoms with Crippen LogP contribution in [-0.2, 0) is 11.3 Å². The number of nitrogens with one attached hydrogen (secondary N) is 1. The molecule has 168 valence electrons. The van der Waals surface area contributed by atoms with Gasteiger partial charge in [-0.2, -0.15) is 0 Å². The summed E-state index contributed by atoms with van der Waals surface area (Å²) >= 11 is 6.32. The fourth-order valence-electron chi connectivity index (χ4n) is 5.15. The van der Waals surface area contributed by atoms with Crippen molar-refractivity contribution in [1.29, 1.82) is 0 Å². The molecular weight excluding hydrogens is 426 g/mol. The Morgan fingerprint density at radius 2 is 1.84 bits per heavy atom. The van der Waals surface area contributed by atoms with E-state index in [0.29, 0.717) is 5.02 Å². The average molecular weight is 454 g/mol. The molecule has 3 amide bonds. The van der Waals surface area contributed by atoms with Gasteiger partial charge in [0.2, 0.25) is 0 Å². The van der Waals surface area contributed by atoms with Crippen LogP contribution in [0.5, 0.6) is 0 Å². The van der Waals surface area contributed by atoms with Crippen molar-refractivity contribution in [1.82, 2.24) is 20.0 Å². The molecule has 2 aromatic rings. The summed E-state index contributed by atoms with van der Waals surface area (Å²) in [5.74, 6) is -0.171. The van der Waals surface area contributed by atoms with E-state index in [4.69, 9.17) is 11.6 Å². The molecule has 5 rings (SSSR count). The second-order valence-electron chi connectivity index (χ2n) is 8.84. The van der Waals surface area contributed by atoms with Crippen molar-refractivity contribution in [3.8, 4) is 0 Å². The van der Waals surface area contributed by atoms with Crippen LogP contribution < -0.4 is 10.2 Å². The lowest BCUT2D eigenvalue weighted by Gasteiger charge is -2.44. The molecule has 1 N–H and O–H groups in total. The van der Waals surface area contributed by atoms with Crippen LogP contribution >= 0.6 is 11.6 Å². The van der Waals surface area contributed by atoms with Gasteiger partial charge in [0.05, 0.1) is 6.54 Å². The average Bonchev–Trinajstić information content (AvgIpc) is 3.18. The van der Waals surface area contributed by atoms with Gasteiger partial charge in [-0.1, -0.05) is 41.9 Å². The van der Waals surface area contributed by atoms with E-state index in [-0.39, 0.29) is 30.9 Å². The summed E-state index contributed by atoms with van der Waals surface area (Å²) in [5, 5.41) is 4.13. The van der Waals surface area contributed by atoms with E-state index in [1.807, 2.05) is 18.2 Å². The van der Waals surface area contributed by atoms with E-state index < -0.39 is 6.04 Å². The van der Waals surface area contributed by atoms with Crippen molar-refractivity contribution < 1.29 is 9.59 Å². The molecule has 7 nitrogen and oxygen atoms in total. The van der Waals surface area contributed by atoms with Gasteiger partial charge in [-0.3, -0.25) is 19.9 Å². The first-order valence-electron chi connectivity index (χ1n) is 11.0. The normalized spacial score (nSPS) is 25.9. The van der Waals surface area contributed by atoms with E-state index in [9.17, 15) is 9.59 Å². The lowest BCUT2D eigenvalue weighted by atomic mass is 10.1. The van der Waals surface area contributed by atoms with Crippen LogP contribution in [0.2, 0.25) is 5.02 Å². The van der Waals surface area contributed by atoms with Crippen molar-refractivity contribution in [2.24, 2.45) is 0 Å². The minimum absolute atomic E-state index is 0.140. The van der Waals surface area contributed by atoms with E-state index in [1.165, 1.54) is 21.7 Å².